The zero-order chi connectivity index (χ0) is 22.1. The van der Waals surface area contributed by atoms with Crippen molar-refractivity contribution in [2.45, 2.75) is 38.0 Å². The van der Waals surface area contributed by atoms with Crippen LogP contribution in [-0.4, -0.2) is 53.3 Å². The van der Waals surface area contributed by atoms with Crippen LogP contribution in [0.1, 0.15) is 28.7 Å². The van der Waals surface area contributed by atoms with Crippen LogP contribution in [-0.2, 0) is 27.7 Å². The molecule has 0 amide bonds. The topological polar surface area (TPSA) is 69.7 Å². The smallest absolute Gasteiger partial charge is 0.263 e. The summed E-state index contributed by atoms with van der Waals surface area (Å²) in [5, 5.41) is 0. The lowest BCUT2D eigenvalue weighted by Crippen LogP contribution is -2.30. The second-order valence-electron chi connectivity index (χ2n) is 8.43. The number of hydrogen-bond donors (Lipinski definition) is 1. The molecule has 0 bridgehead atoms. The van der Waals surface area contributed by atoms with Gasteiger partial charge >= 0.3 is 0 Å². The highest BCUT2D eigenvalue weighted by Gasteiger charge is 2.26. The minimum atomic E-state index is -3.79. The zero-order valence-electron chi connectivity index (χ0n) is 18.4. The Labute approximate surface area is 179 Å². The van der Waals surface area contributed by atoms with E-state index in [-0.39, 0.29) is 10.7 Å². The summed E-state index contributed by atoms with van der Waals surface area (Å²) in [4.78, 5) is 16.2. The number of benzene rings is 2. The maximum absolute atomic E-state index is 13.4. The highest BCUT2D eigenvalue weighted by molar-refractivity contribution is 7.92. The third kappa shape index (κ3) is 5.02. The van der Waals surface area contributed by atoms with Crippen molar-refractivity contribution in [1.29, 1.82) is 0 Å². The van der Waals surface area contributed by atoms with Crippen LogP contribution in [0.15, 0.2) is 35.2 Å². The number of nitrogens with one attached hydrogen (secondary N) is 1. The quantitative estimate of drug-likeness (QED) is 0.732. The SMILES string of the molecule is Cc1ccc(NS(=O)(=O)c2cc3c(cc2N(C)CCN(C)C)CC(=O)CC3)cc1C. The highest BCUT2D eigenvalue weighted by atomic mass is 32.2. The van der Waals surface area contributed by atoms with Crippen molar-refractivity contribution in [3.8, 4) is 0 Å². The lowest BCUT2D eigenvalue weighted by atomic mass is 9.90. The molecule has 0 fully saturated rings. The third-order valence-electron chi connectivity index (χ3n) is 5.68. The van der Waals surface area contributed by atoms with E-state index in [4.69, 9.17) is 0 Å². The van der Waals surface area contributed by atoms with E-state index in [0.717, 1.165) is 28.8 Å². The van der Waals surface area contributed by atoms with Gasteiger partial charge in [0.05, 0.1) is 5.69 Å². The maximum atomic E-state index is 13.4. The van der Waals surface area contributed by atoms with Gasteiger partial charge in [0, 0.05) is 38.7 Å². The van der Waals surface area contributed by atoms with Gasteiger partial charge in [-0.05, 0) is 80.9 Å². The number of Topliss-reactive ketones (excluding diaryl/α,β-unsaturated/α-hetero) is 1. The van der Waals surface area contributed by atoms with Crippen LogP contribution in [0.2, 0.25) is 0 Å². The van der Waals surface area contributed by atoms with E-state index in [2.05, 4.69) is 9.62 Å². The first-order valence-corrected chi connectivity index (χ1v) is 11.7. The molecule has 0 heterocycles. The second kappa shape index (κ2) is 8.78. The standard InChI is InChI=1S/C23H31N3O3S/c1-16-6-8-20(12-17(16)2)24-30(28,29)23-15-18-7-9-21(27)13-19(18)14-22(23)26(5)11-10-25(3)4/h6,8,12,14-15,24H,7,9-11,13H2,1-5H3. The van der Waals surface area contributed by atoms with Crippen LogP contribution in [0.5, 0.6) is 0 Å². The number of likely N-dealkylation sites (N-methyl/N-ethyl adjacent to an activating group) is 2. The Balaban J connectivity index is 2.03. The number of ketones is 1. The number of sulfonamides is 1. The van der Waals surface area contributed by atoms with Crippen LogP contribution in [0.3, 0.4) is 0 Å². The van der Waals surface area contributed by atoms with Gasteiger partial charge in [0.2, 0.25) is 0 Å². The number of carbonyl (C=O) groups excluding carboxylic acids is 1. The molecule has 1 aliphatic carbocycles. The number of rotatable bonds is 7. The summed E-state index contributed by atoms with van der Waals surface area (Å²) in [6, 6.07) is 9.19. The Kier molecular flexibility index (Phi) is 6.53. The molecule has 2 aromatic carbocycles. The Bertz CT molecular complexity index is 1060. The van der Waals surface area contributed by atoms with Crippen molar-refractivity contribution in [3.05, 3.63) is 52.6 Å². The molecule has 0 saturated carbocycles. The lowest BCUT2D eigenvalue weighted by molar-refractivity contribution is -0.118. The fourth-order valence-corrected chi connectivity index (χ4v) is 4.96. The van der Waals surface area contributed by atoms with Gasteiger partial charge in [0.1, 0.15) is 10.7 Å². The molecule has 3 rings (SSSR count). The van der Waals surface area contributed by atoms with E-state index in [1.165, 1.54) is 0 Å². The Morgan fingerprint density at radius 1 is 0.933 bits per heavy atom. The molecule has 1 aliphatic rings. The summed E-state index contributed by atoms with van der Waals surface area (Å²) >= 11 is 0. The maximum Gasteiger partial charge on any atom is 0.263 e. The van der Waals surface area contributed by atoms with Crippen LogP contribution in [0, 0.1) is 13.8 Å². The van der Waals surface area contributed by atoms with Gasteiger partial charge in [-0.25, -0.2) is 8.42 Å². The fraction of sp³-hybridized carbons (Fsp3) is 0.435. The molecule has 0 radical (unpaired) electrons. The fourth-order valence-electron chi connectivity index (χ4n) is 3.62. The number of hydrogen-bond acceptors (Lipinski definition) is 5. The molecule has 0 saturated heterocycles. The first-order chi connectivity index (χ1) is 14.1. The second-order valence-corrected chi connectivity index (χ2v) is 10.1. The Hall–Kier alpha value is -2.38. The molecular formula is C23H31N3O3S. The van der Waals surface area contributed by atoms with E-state index >= 15 is 0 Å². The summed E-state index contributed by atoms with van der Waals surface area (Å²) in [5.74, 6) is 0.202. The first-order valence-electron chi connectivity index (χ1n) is 10.2. The summed E-state index contributed by atoms with van der Waals surface area (Å²) < 4.78 is 29.5. The molecule has 0 aliphatic heterocycles. The Morgan fingerprint density at radius 3 is 2.33 bits per heavy atom. The predicted molar refractivity (Wildman–Crippen MR) is 122 cm³/mol. The van der Waals surface area contributed by atoms with Crippen LogP contribution in [0.25, 0.3) is 0 Å². The highest BCUT2D eigenvalue weighted by Crippen LogP contribution is 2.33. The summed E-state index contributed by atoms with van der Waals surface area (Å²) in [5.41, 5.74) is 5.19. The van der Waals surface area contributed by atoms with Crippen molar-refractivity contribution in [2.75, 3.05) is 43.9 Å². The normalized spacial score (nSPS) is 14.0. The molecule has 162 valence electrons. The molecule has 1 N–H and O–H groups in total. The van der Waals surface area contributed by atoms with Crippen molar-refractivity contribution < 1.29 is 13.2 Å². The van der Waals surface area contributed by atoms with E-state index in [0.29, 0.717) is 37.2 Å². The molecule has 6 nitrogen and oxygen atoms in total. The van der Waals surface area contributed by atoms with Crippen LogP contribution >= 0.6 is 0 Å². The van der Waals surface area contributed by atoms with Gasteiger partial charge in [0.25, 0.3) is 10.0 Å². The average Bonchev–Trinajstić information content (AvgIpc) is 2.67. The average molecular weight is 430 g/mol. The largest absolute Gasteiger partial charge is 0.372 e. The zero-order valence-corrected chi connectivity index (χ0v) is 19.3. The first kappa shape index (κ1) is 22.3. The molecule has 0 spiro atoms. The Morgan fingerprint density at radius 2 is 1.67 bits per heavy atom. The van der Waals surface area contributed by atoms with Crippen molar-refractivity contribution >= 4 is 27.2 Å². The summed E-state index contributed by atoms with van der Waals surface area (Å²) in [7, 11) is 2.07. The van der Waals surface area contributed by atoms with Crippen LogP contribution < -0.4 is 9.62 Å². The molecule has 0 aromatic heterocycles. The number of anilines is 2. The van der Waals surface area contributed by atoms with E-state index in [1.807, 2.05) is 58.1 Å². The summed E-state index contributed by atoms with van der Waals surface area (Å²) in [6.45, 7) is 5.42. The molecule has 0 atom stereocenters. The van der Waals surface area contributed by atoms with Gasteiger partial charge in [-0.3, -0.25) is 9.52 Å². The lowest BCUT2D eigenvalue weighted by Gasteiger charge is -2.27. The van der Waals surface area contributed by atoms with E-state index in [1.54, 1.807) is 12.1 Å². The number of fused-ring (bicyclic) bond motifs is 1. The van der Waals surface area contributed by atoms with Crippen LogP contribution in [0.4, 0.5) is 11.4 Å². The van der Waals surface area contributed by atoms with E-state index in [9.17, 15) is 13.2 Å². The van der Waals surface area contributed by atoms with E-state index < -0.39 is 10.0 Å². The van der Waals surface area contributed by atoms with Gasteiger partial charge in [-0.15, -0.1) is 0 Å². The molecule has 0 unspecified atom stereocenters. The minimum Gasteiger partial charge on any atom is -0.372 e. The van der Waals surface area contributed by atoms with Crippen molar-refractivity contribution in [3.63, 3.8) is 0 Å². The van der Waals surface area contributed by atoms with Gasteiger partial charge in [0.15, 0.2) is 0 Å². The third-order valence-corrected chi connectivity index (χ3v) is 7.09. The van der Waals surface area contributed by atoms with Gasteiger partial charge in [-0.1, -0.05) is 6.07 Å². The molecule has 30 heavy (non-hydrogen) atoms. The molecule has 2 aromatic rings. The van der Waals surface area contributed by atoms with Gasteiger partial charge in [-0.2, -0.15) is 0 Å². The summed E-state index contributed by atoms with van der Waals surface area (Å²) in [6.07, 6.45) is 1.42. The number of aryl methyl sites for hydroxylation is 3. The molecular weight excluding hydrogens is 398 g/mol. The monoisotopic (exact) mass is 429 g/mol. The van der Waals surface area contributed by atoms with Crippen molar-refractivity contribution in [1.82, 2.24) is 4.90 Å². The minimum absolute atomic E-state index is 0.202. The predicted octanol–water partition coefficient (Wildman–Crippen LogP) is 3.16. The molecule has 7 heteroatoms. The number of nitrogens with zero attached hydrogens (tertiary/aromatic N) is 2. The number of carbonyl (C=O) groups is 1. The van der Waals surface area contributed by atoms with Crippen molar-refractivity contribution in [2.24, 2.45) is 0 Å². The van der Waals surface area contributed by atoms with Gasteiger partial charge < -0.3 is 9.80 Å².